The highest BCUT2D eigenvalue weighted by Crippen LogP contribution is 2.29. The molecule has 0 aromatic carbocycles. The zero-order valence-electron chi connectivity index (χ0n) is 12.3. The smallest absolute Gasteiger partial charge is 0.329 e. The number of fused-ring (bicyclic) bond motifs is 1. The maximum absolute atomic E-state index is 12.5. The fourth-order valence-corrected chi connectivity index (χ4v) is 3.63. The van der Waals surface area contributed by atoms with E-state index in [1.165, 1.54) is 17.7 Å². The van der Waals surface area contributed by atoms with E-state index in [0.717, 1.165) is 35.2 Å². The number of nitrogens with zero attached hydrogens (tertiary/aromatic N) is 2. The van der Waals surface area contributed by atoms with Crippen LogP contribution in [0.5, 0.6) is 0 Å². The first-order chi connectivity index (χ1) is 10.5. The van der Waals surface area contributed by atoms with Gasteiger partial charge in [-0.15, -0.1) is 0 Å². The van der Waals surface area contributed by atoms with Crippen LogP contribution in [0.1, 0.15) is 48.2 Å². The summed E-state index contributed by atoms with van der Waals surface area (Å²) < 4.78 is 4.21. The van der Waals surface area contributed by atoms with Crippen molar-refractivity contribution in [2.45, 2.75) is 44.6 Å². The highest BCUT2D eigenvalue weighted by atomic mass is 32.1. The average Bonchev–Trinajstić information content (AvgIpc) is 2.89. The molecule has 2 aromatic heterocycles. The highest BCUT2D eigenvalue weighted by Gasteiger charge is 2.41. The first kappa shape index (κ1) is 14.9. The van der Waals surface area contributed by atoms with Gasteiger partial charge in [0.1, 0.15) is 10.4 Å². The molecule has 1 saturated carbocycles. The molecule has 7 heteroatoms. The molecule has 2 heterocycles. The van der Waals surface area contributed by atoms with Crippen molar-refractivity contribution in [3.8, 4) is 0 Å². The van der Waals surface area contributed by atoms with Gasteiger partial charge in [-0.3, -0.25) is 4.79 Å². The number of aryl methyl sites for hydroxylation is 1. The van der Waals surface area contributed by atoms with Crippen molar-refractivity contribution < 1.29 is 14.7 Å². The minimum absolute atomic E-state index is 0.377. The Labute approximate surface area is 131 Å². The minimum atomic E-state index is -1.15. The fourth-order valence-electron chi connectivity index (χ4n) is 2.91. The third-order valence-corrected chi connectivity index (χ3v) is 5.10. The second-order valence-corrected chi connectivity index (χ2v) is 6.50. The fraction of sp³-hybridized carbons (Fsp3) is 0.467. The molecular weight excluding hydrogens is 302 g/mol. The lowest BCUT2D eigenvalue weighted by Crippen LogP contribution is -2.55. The van der Waals surface area contributed by atoms with Gasteiger partial charge in [0, 0.05) is 11.6 Å². The molecule has 0 spiro atoms. The predicted octanol–water partition coefficient (Wildman–Crippen LogP) is 2.52. The van der Waals surface area contributed by atoms with E-state index in [2.05, 4.69) is 14.7 Å². The number of carbonyl (C=O) groups is 2. The van der Waals surface area contributed by atoms with E-state index in [1.54, 1.807) is 6.07 Å². The minimum Gasteiger partial charge on any atom is -0.480 e. The Hall–Kier alpha value is -2.02. The number of amides is 1. The second-order valence-electron chi connectivity index (χ2n) is 5.75. The molecule has 3 rings (SSSR count). The van der Waals surface area contributed by atoms with E-state index in [9.17, 15) is 14.7 Å². The van der Waals surface area contributed by atoms with Crippen LogP contribution in [0.2, 0.25) is 0 Å². The van der Waals surface area contributed by atoms with Crippen molar-refractivity contribution in [3.63, 3.8) is 0 Å². The van der Waals surface area contributed by atoms with Gasteiger partial charge in [0.2, 0.25) is 0 Å². The maximum atomic E-state index is 12.5. The molecule has 0 aliphatic heterocycles. The van der Waals surface area contributed by atoms with E-state index >= 15 is 0 Å². The van der Waals surface area contributed by atoms with Crippen molar-refractivity contribution >= 4 is 33.6 Å². The predicted molar refractivity (Wildman–Crippen MR) is 83.1 cm³/mol. The topological polar surface area (TPSA) is 92.2 Å². The van der Waals surface area contributed by atoms with Gasteiger partial charge in [-0.1, -0.05) is 19.3 Å². The summed E-state index contributed by atoms with van der Waals surface area (Å²) in [7, 11) is 0. The Morgan fingerprint density at radius 1 is 1.32 bits per heavy atom. The summed E-state index contributed by atoms with van der Waals surface area (Å²) in [5, 5.41) is 13.1. The third kappa shape index (κ3) is 2.56. The molecule has 22 heavy (non-hydrogen) atoms. The highest BCUT2D eigenvalue weighted by molar-refractivity contribution is 7.12. The first-order valence-electron chi connectivity index (χ1n) is 7.30. The molecule has 1 amide bonds. The van der Waals surface area contributed by atoms with Crippen LogP contribution in [0, 0.1) is 6.92 Å². The van der Waals surface area contributed by atoms with Gasteiger partial charge in [-0.2, -0.15) is 4.37 Å². The van der Waals surface area contributed by atoms with Gasteiger partial charge in [0.05, 0.1) is 11.3 Å². The Bertz CT molecular complexity index is 735. The van der Waals surface area contributed by atoms with Gasteiger partial charge < -0.3 is 10.4 Å². The largest absolute Gasteiger partial charge is 0.480 e. The molecule has 116 valence electrons. The third-order valence-electron chi connectivity index (χ3n) is 4.24. The van der Waals surface area contributed by atoms with Gasteiger partial charge in [0.25, 0.3) is 5.91 Å². The number of aromatic nitrogens is 2. The molecule has 1 aliphatic carbocycles. The summed E-state index contributed by atoms with van der Waals surface area (Å²) in [6.45, 7) is 1.86. The molecule has 2 aromatic rings. The van der Waals surface area contributed by atoms with Crippen molar-refractivity contribution in [2.24, 2.45) is 0 Å². The van der Waals surface area contributed by atoms with Crippen LogP contribution in [0.25, 0.3) is 10.2 Å². The molecule has 0 unspecified atom stereocenters. The normalized spacial score (nSPS) is 17.3. The van der Waals surface area contributed by atoms with Crippen LogP contribution in [-0.4, -0.2) is 31.9 Å². The number of carbonyl (C=O) groups excluding carboxylic acids is 1. The summed E-state index contributed by atoms with van der Waals surface area (Å²) in [4.78, 5) is 29.1. The molecule has 0 radical (unpaired) electrons. The first-order valence-corrected chi connectivity index (χ1v) is 8.07. The average molecular weight is 319 g/mol. The van der Waals surface area contributed by atoms with Gasteiger partial charge in [0.15, 0.2) is 0 Å². The van der Waals surface area contributed by atoms with Gasteiger partial charge >= 0.3 is 5.97 Å². The van der Waals surface area contributed by atoms with E-state index in [4.69, 9.17) is 0 Å². The molecule has 1 fully saturated rings. The Morgan fingerprint density at radius 3 is 2.73 bits per heavy atom. The molecule has 2 N–H and O–H groups in total. The van der Waals surface area contributed by atoms with Crippen molar-refractivity contribution in [1.82, 2.24) is 14.7 Å². The lowest BCUT2D eigenvalue weighted by Gasteiger charge is -2.33. The lowest BCUT2D eigenvalue weighted by molar-refractivity contribution is -0.145. The van der Waals surface area contributed by atoms with E-state index in [1.807, 2.05) is 6.92 Å². The van der Waals surface area contributed by atoms with E-state index < -0.39 is 11.5 Å². The molecule has 0 atom stereocenters. The summed E-state index contributed by atoms with van der Waals surface area (Å²) in [6.07, 6.45) is 5.08. The summed E-state index contributed by atoms with van der Waals surface area (Å²) in [6, 6.07) is 1.73. The number of hydrogen-bond donors (Lipinski definition) is 2. The quantitative estimate of drug-likeness (QED) is 0.907. The van der Waals surface area contributed by atoms with Crippen LogP contribution in [0.3, 0.4) is 0 Å². The number of rotatable bonds is 3. The molecule has 1 aliphatic rings. The summed E-state index contributed by atoms with van der Waals surface area (Å²) >= 11 is 1.29. The summed E-state index contributed by atoms with van der Waals surface area (Å²) in [5.41, 5.74) is 0.0569. The number of aliphatic carboxylic acids is 1. The zero-order valence-corrected chi connectivity index (χ0v) is 13.1. The maximum Gasteiger partial charge on any atom is 0.329 e. The monoisotopic (exact) mass is 319 g/mol. The van der Waals surface area contributed by atoms with E-state index in [0.29, 0.717) is 18.4 Å². The Morgan fingerprint density at radius 2 is 2.05 bits per heavy atom. The van der Waals surface area contributed by atoms with Crippen molar-refractivity contribution in [1.29, 1.82) is 0 Å². The second kappa shape index (κ2) is 5.64. The SMILES string of the molecule is Cc1nsc2ncc(C(=O)NC3(C(=O)O)CCCCC3)cc12. The molecule has 6 nitrogen and oxygen atoms in total. The Balaban J connectivity index is 1.88. The van der Waals surface area contributed by atoms with Crippen molar-refractivity contribution in [3.05, 3.63) is 23.5 Å². The number of pyridine rings is 1. The van der Waals surface area contributed by atoms with Gasteiger partial charge in [-0.25, -0.2) is 9.78 Å². The number of carboxylic acids is 1. The van der Waals surface area contributed by atoms with Crippen molar-refractivity contribution in [2.75, 3.05) is 0 Å². The van der Waals surface area contributed by atoms with E-state index in [-0.39, 0.29) is 5.91 Å². The molecule has 0 saturated heterocycles. The molecule has 0 bridgehead atoms. The molecular formula is C15H17N3O3S. The van der Waals surface area contributed by atoms with Gasteiger partial charge in [-0.05, 0) is 37.4 Å². The standard InChI is InChI=1S/C15H17N3O3S/c1-9-11-7-10(8-16-13(11)22-18-9)12(19)17-15(14(20)21)5-3-2-4-6-15/h7-8H,2-6H2,1H3,(H,17,19)(H,20,21). The number of hydrogen-bond acceptors (Lipinski definition) is 5. The zero-order chi connectivity index (χ0) is 15.7. The van der Waals surface area contributed by atoms with Crippen LogP contribution < -0.4 is 5.32 Å². The Kier molecular flexibility index (Phi) is 3.82. The number of nitrogens with one attached hydrogen (secondary N) is 1. The summed E-state index contributed by atoms with van der Waals surface area (Å²) in [5.74, 6) is -1.34. The van der Waals surface area contributed by atoms with Crippen LogP contribution in [0.15, 0.2) is 12.3 Å². The lowest BCUT2D eigenvalue weighted by atomic mass is 9.81. The van der Waals surface area contributed by atoms with Crippen LogP contribution in [0.4, 0.5) is 0 Å². The van der Waals surface area contributed by atoms with Crippen LogP contribution in [-0.2, 0) is 4.79 Å². The van der Waals surface area contributed by atoms with Crippen LogP contribution >= 0.6 is 11.5 Å². The number of carboxylic acid groups (broad SMARTS) is 1.